The zero-order chi connectivity index (χ0) is 18.7. The van der Waals surface area contributed by atoms with E-state index < -0.39 is 6.09 Å². The number of hydrogen-bond acceptors (Lipinski definition) is 4. The van der Waals surface area contributed by atoms with Crippen molar-refractivity contribution in [1.29, 1.82) is 0 Å². The van der Waals surface area contributed by atoms with Gasteiger partial charge >= 0.3 is 6.09 Å². The molecule has 0 radical (unpaired) electrons. The van der Waals surface area contributed by atoms with E-state index in [1.165, 1.54) is 24.2 Å². The SMILES string of the molecule is CCC(=O)c1cc(C2CC(N3CCCCC3)CCN2C(=O)O)ccc1N. The molecule has 1 amide bonds. The van der Waals surface area contributed by atoms with Crippen molar-refractivity contribution in [2.24, 2.45) is 0 Å². The maximum atomic E-state index is 12.2. The van der Waals surface area contributed by atoms with Crippen molar-refractivity contribution in [2.75, 3.05) is 25.4 Å². The first kappa shape index (κ1) is 18.7. The zero-order valence-corrected chi connectivity index (χ0v) is 15.5. The van der Waals surface area contributed by atoms with Crippen molar-refractivity contribution in [1.82, 2.24) is 9.80 Å². The van der Waals surface area contributed by atoms with Crippen LogP contribution in [0.3, 0.4) is 0 Å². The Labute approximate surface area is 155 Å². The molecule has 6 nitrogen and oxygen atoms in total. The first-order chi connectivity index (χ1) is 12.5. The van der Waals surface area contributed by atoms with E-state index >= 15 is 0 Å². The van der Waals surface area contributed by atoms with E-state index in [-0.39, 0.29) is 11.8 Å². The van der Waals surface area contributed by atoms with Crippen LogP contribution in [0.2, 0.25) is 0 Å². The highest BCUT2D eigenvalue weighted by Crippen LogP contribution is 2.35. The summed E-state index contributed by atoms with van der Waals surface area (Å²) in [6.07, 6.45) is 4.87. The highest BCUT2D eigenvalue weighted by Gasteiger charge is 2.35. The Balaban J connectivity index is 1.87. The number of carbonyl (C=O) groups excluding carboxylic acids is 1. The molecule has 0 aliphatic carbocycles. The number of nitrogens with two attached hydrogens (primary N) is 1. The van der Waals surface area contributed by atoms with Crippen molar-refractivity contribution in [2.45, 2.75) is 57.5 Å². The van der Waals surface area contributed by atoms with Gasteiger partial charge in [0, 0.05) is 30.3 Å². The van der Waals surface area contributed by atoms with Crippen LogP contribution >= 0.6 is 0 Å². The molecule has 2 aliphatic heterocycles. The number of carboxylic acid groups (broad SMARTS) is 1. The molecule has 3 rings (SSSR count). The van der Waals surface area contributed by atoms with Gasteiger partial charge in [0.05, 0.1) is 6.04 Å². The molecule has 26 heavy (non-hydrogen) atoms. The van der Waals surface area contributed by atoms with Gasteiger partial charge in [0.2, 0.25) is 0 Å². The van der Waals surface area contributed by atoms with Crippen LogP contribution < -0.4 is 5.73 Å². The van der Waals surface area contributed by atoms with Gasteiger partial charge in [-0.3, -0.25) is 4.79 Å². The normalized spacial score (nSPS) is 24.4. The van der Waals surface area contributed by atoms with Gasteiger partial charge < -0.3 is 20.6 Å². The Hall–Kier alpha value is -2.08. The molecule has 2 saturated heterocycles. The lowest BCUT2D eigenvalue weighted by Gasteiger charge is -2.43. The molecule has 1 aromatic carbocycles. The van der Waals surface area contributed by atoms with Crippen LogP contribution in [-0.4, -0.2) is 52.5 Å². The summed E-state index contributed by atoms with van der Waals surface area (Å²) in [4.78, 5) is 28.0. The molecular formula is C20H29N3O3. The molecule has 2 heterocycles. The second-order valence-electron chi connectivity index (χ2n) is 7.39. The van der Waals surface area contributed by atoms with Gasteiger partial charge in [-0.15, -0.1) is 0 Å². The van der Waals surface area contributed by atoms with Gasteiger partial charge in [0.1, 0.15) is 0 Å². The van der Waals surface area contributed by atoms with Crippen molar-refractivity contribution in [3.05, 3.63) is 29.3 Å². The van der Waals surface area contributed by atoms with Crippen LogP contribution in [0.4, 0.5) is 10.5 Å². The van der Waals surface area contributed by atoms with Gasteiger partial charge in [0.25, 0.3) is 0 Å². The number of rotatable bonds is 4. The number of hydrogen-bond donors (Lipinski definition) is 2. The predicted octanol–water partition coefficient (Wildman–Crippen LogP) is 3.53. The van der Waals surface area contributed by atoms with E-state index in [4.69, 9.17) is 5.73 Å². The Morgan fingerprint density at radius 3 is 2.58 bits per heavy atom. The molecule has 2 fully saturated rings. The summed E-state index contributed by atoms with van der Waals surface area (Å²) >= 11 is 0. The van der Waals surface area contributed by atoms with Gasteiger partial charge in [-0.05, 0) is 56.5 Å². The maximum absolute atomic E-state index is 12.2. The number of carbonyl (C=O) groups is 2. The molecule has 2 atom stereocenters. The monoisotopic (exact) mass is 359 g/mol. The molecule has 0 saturated carbocycles. The van der Waals surface area contributed by atoms with Crippen LogP contribution in [0.25, 0.3) is 0 Å². The van der Waals surface area contributed by atoms with Crippen molar-refractivity contribution in [3.63, 3.8) is 0 Å². The number of amides is 1. The number of benzene rings is 1. The first-order valence-corrected chi connectivity index (χ1v) is 9.67. The number of nitrogens with zero attached hydrogens (tertiary/aromatic N) is 2. The van der Waals surface area contributed by atoms with E-state index in [0.717, 1.165) is 31.5 Å². The Morgan fingerprint density at radius 2 is 1.92 bits per heavy atom. The Morgan fingerprint density at radius 1 is 1.19 bits per heavy atom. The fourth-order valence-corrected chi connectivity index (χ4v) is 4.32. The van der Waals surface area contributed by atoms with E-state index in [1.807, 2.05) is 13.0 Å². The smallest absolute Gasteiger partial charge is 0.407 e. The van der Waals surface area contributed by atoms with Crippen LogP contribution in [0.1, 0.15) is 67.4 Å². The second kappa shape index (κ2) is 8.08. The molecule has 2 unspecified atom stereocenters. The Bertz CT molecular complexity index is 670. The summed E-state index contributed by atoms with van der Waals surface area (Å²) < 4.78 is 0. The predicted molar refractivity (Wildman–Crippen MR) is 101 cm³/mol. The number of nitrogen functional groups attached to an aromatic ring is 1. The zero-order valence-electron chi connectivity index (χ0n) is 15.5. The quantitative estimate of drug-likeness (QED) is 0.634. The molecule has 6 heteroatoms. The fourth-order valence-electron chi connectivity index (χ4n) is 4.32. The third-order valence-corrected chi connectivity index (χ3v) is 5.81. The summed E-state index contributed by atoms with van der Waals surface area (Å²) in [5.41, 5.74) is 7.82. The standard InChI is InChI=1S/C20H29N3O3/c1-2-19(24)16-12-14(6-7-17(16)21)18-13-15(8-11-23(18)20(25)26)22-9-4-3-5-10-22/h6-7,12,15,18H,2-5,8-11,13,21H2,1H3,(H,25,26). The van der Waals surface area contributed by atoms with Gasteiger partial charge in [0.15, 0.2) is 5.78 Å². The maximum Gasteiger partial charge on any atom is 0.407 e. The van der Waals surface area contributed by atoms with E-state index in [2.05, 4.69) is 4.90 Å². The minimum Gasteiger partial charge on any atom is -0.465 e. The largest absolute Gasteiger partial charge is 0.465 e. The van der Waals surface area contributed by atoms with E-state index in [1.54, 1.807) is 12.1 Å². The average molecular weight is 359 g/mol. The lowest BCUT2D eigenvalue weighted by atomic mass is 9.88. The van der Waals surface area contributed by atoms with Gasteiger partial charge in [-0.2, -0.15) is 0 Å². The molecular weight excluding hydrogens is 330 g/mol. The minimum atomic E-state index is -0.896. The number of likely N-dealkylation sites (tertiary alicyclic amines) is 2. The molecule has 0 aromatic heterocycles. The molecule has 3 N–H and O–H groups in total. The van der Waals surface area contributed by atoms with Gasteiger partial charge in [-0.25, -0.2) is 4.79 Å². The molecule has 2 aliphatic rings. The number of anilines is 1. The van der Waals surface area contributed by atoms with Crippen molar-refractivity contribution < 1.29 is 14.7 Å². The van der Waals surface area contributed by atoms with E-state index in [0.29, 0.717) is 30.3 Å². The van der Waals surface area contributed by atoms with Crippen molar-refractivity contribution >= 4 is 17.6 Å². The third-order valence-electron chi connectivity index (χ3n) is 5.81. The lowest BCUT2D eigenvalue weighted by Crippen LogP contribution is -2.49. The van der Waals surface area contributed by atoms with Crippen LogP contribution in [-0.2, 0) is 0 Å². The summed E-state index contributed by atoms with van der Waals surface area (Å²) in [6, 6.07) is 5.60. The molecule has 1 aromatic rings. The summed E-state index contributed by atoms with van der Waals surface area (Å²) in [5.74, 6) is -0.00499. The molecule has 0 spiro atoms. The molecule has 142 valence electrons. The highest BCUT2D eigenvalue weighted by molar-refractivity contribution is 6.00. The fraction of sp³-hybridized carbons (Fsp3) is 0.600. The molecule has 0 bridgehead atoms. The van der Waals surface area contributed by atoms with E-state index in [9.17, 15) is 14.7 Å². The summed E-state index contributed by atoms with van der Waals surface area (Å²) in [7, 11) is 0. The minimum absolute atomic E-state index is 0.00499. The number of Topliss-reactive ketones (excluding diaryl/α,β-unsaturated/α-hetero) is 1. The topological polar surface area (TPSA) is 86.9 Å². The second-order valence-corrected chi connectivity index (χ2v) is 7.39. The lowest BCUT2D eigenvalue weighted by molar-refractivity contribution is 0.0533. The van der Waals surface area contributed by atoms with Crippen LogP contribution in [0.15, 0.2) is 18.2 Å². The Kier molecular flexibility index (Phi) is 5.81. The summed E-state index contributed by atoms with van der Waals surface area (Å²) in [5, 5.41) is 9.67. The van der Waals surface area contributed by atoms with Gasteiger partial charge in [-0.1, -0.05) is 19.4 Å². The van der Waals surface area contributed by atoms with Crippen molar-refractivity contribution in [3.8, 4) is 0 Å². The number of ketones is 1. The van der Waals surface area contributed by atoms with Crippen LogP contribution in [0.5, 0.6) is 0 Å². The third kappa shape index (κ3) is 3.85. The average Bonchev–Trinajstić information content (AvgIpc) is 2.68. The number of piperidine rings is 2. The van der Waals surface area contributed by atoms with Crippen LogP contribution in [0, 0.1) is 0 Å². The first-order valence-electron chi connectivity index (χ1n) is 9.67. The highest BCUT2D eigenvalue weighted by atomic mass is 16.4. The summed E-state index contributed by atoms with van der Waals surface area (Å²) in [6.45, 7) is 4.55.